The Hall–Kier alpha value is -3.77. The van der Waals surface area contributed by atoms with Crippen LogP contribution in [0.25, 0.3) is 0 Å². The van der Waals surface area contributed by atoms with Crippen LogP contribution in [0.3, 0.4) is 0 Å². The SMILES string of the molecule is CC(C)[C@H](C(=O)N[C@@H](CP(c1ccccc1)c1ccccc1)[C@H](C)O[Si](c1ccccc1)(c1ccccc1)C(C)(C)C)N(C)C(=O)OC(C)(C)C. The van der Waals surface area contributed by atoms with Crippen LogP contribution in [0.2, 0.25) is 5.04 Å². The molecule has 3 atom stereocenters. The van der Waals surface area contributed by atoms with Crippen molar-refractivity contribution in [3.63, 3.8) is 0 Å². The predicted molar refractivity (Wildman–Crippen MR) is 217 cm³/mol. The van der Waals surface area contributed by atoms with E-state index < -0.39 is 40.1 Å². The minimum Gasteiger partial charge on any atom is -0.444 e. The fraction of sp³-hybridized carbons (Fsp3) is 0.395. The number of rotatable bonds is 13. The van der Waals surface area contributed by atoms with E-state index in [-0.39, 0.29) is 22.9 Å². The molecule has 0 bridgehead atoms. The third-order valence-corrected chi connectivity index (χ3v) is 16.9. The van der Waals surface area contributed by atoms with E-state index in [4.69, 9.17) is 9.16 Å². The molecule has 272 valence electrons. The lowest BCUT2D eigenvalue weighted by Gasteiger charge is -2.46. The lowest BCUT2D eigenvalue weighted by atomic mass is 10.0. The van der Waals surface area contributed by atoms with Gasteiger partial charge in [-0.25, -0.2) is 4.79 Å². The summed E-state index contributed by atoms with van der Waals surface area (Å²) in [7, 11) is -2.23. The van der Waals surface area contributed by atoms with Crippen molar-refractivity contribution in [1.29, 1.82) is 0 Å². The van der Waals surface area contributed by atoms with E-state index in [1.807, 2.05) is 58.9 Å². The van der Waals surface area contributed by atoms with Crippen LogP contribution in [0.5, 0.6) is 0 Å². The number of nitrogens with one attached hydrogen (secondary N) is 1. The van der Waals surface area contributed by atoms with Gasteiger partial charge in [-0.05, 0) is 73.7 Å². The summed E-state index contributed by atoms with van der Waals surface area (Å²) in [4.78, 5) is 29.3. The van der Waals surface area contributed by atoms with Crippen molar-refractivity contribution in [3.05, 3.63) is 121 Å². The van der Waals surface area contributed by atoms with E-state index in [0.29, 0.717) is 6.16 Å². The lowest BCUT2D eigenvalue weighted by molar-refractivity contribution is -0.128. The zero-order valence-electron chi connectivity index (χ0n) is 32.1. The number of carbonyl (C=O) groups excluding carboxylic acids is 2. The average molecular weight is 725 g/mol. The molecule has 4 aromatic carbocycles. The van der Waals surface area contributed by atoms with Gasteiger partial charge in [-0.2, -0.15) is 0 Å². The summed E-state index contributed by atoms with van der Waals surface area (Å²) < 4.78 is 13.4. The van der Waals surface area contributed by atoms with E-state index in [1.165, 1.54) is 25.9 Å². The molecular weight excluding hydrogens is 668 g/mol. The normalized spacial score (nSPS) is 14.1. The van der Waals surface area contributed by atoms with Crippen LogP contribution >= 0.6 is 7.92 Å². The van der Waals surface area contributed by atoms with Gasteiger partial charge in [0, 0.05) is 7.05 Å². The highest BCUT2D eigenvalue weighted by Gasteiger charge is 2.52. The summed E-state index contributed by atoms with van der Waals surface area (Å²) in [5.41, 5.74) is -0.689. The van der Waals surface area contributed by atoms with Crippen molar-refractivity contribution >= 4 is 49.2 Å². The maximum atomic E-state index is 14.6. The Balaban J connectivity index is 1.84. The van der Waals surface area contributed by atoms with Gasteiger partial charge in [-0.15, -0.1) is 0 Å². The molecule has 0 saturated carbocycles. The van der Waals surface area contributed by atoms with Crippen molar-refractivity contribution in [3.8, 4) is 0 Å². The number of carbonyl (C=O) groups is 2. The van der Waals surface area contributed by atoms with Gasteiger partial charge in [-0.1, -0.05) is 156 Å². The van der Waals surface area contributed by atoms with Crippen LogP contribution in [-0.2, 0) is 14.0 Å². The van der Waals surface area contributed by atoms with E-state index in [9.17, 15) is 9.59 Å². The standard InChI is InChI=1S/C43H57N2O4PSi/c1-32(2)39(45(10)41(47)48-42(4,5)6)40(46)44-38(31-50(34-23-15-11-16-24-34)35-25-17-12-18-26-35)33(3)49-51(43(7,8)9,36-27-19-13-20-28-36)37-29-21-14-22-30-37/h11-30,32-33,38-39H,31H2,1-10H3,(H,44,46)/t33-,38-,39+/m0/s1. The number of hydrogen-bond donors (Lipinski definition) is 1. The lowest BCUT2D eigenvalue weighted by Crippen LogP contribution is -2.69. The summed E-state index contributed by atoms with van der Waals surface area (Å²) in [5, 5.41) is 8.03. The number of likely N-dealkylation sites (N-methyl/N-ethyl adjacent to an activating group) is 1. The third-order valence-electron chi connectivity index (χ3n) is 9.19. The zero-order valence-corrected chi connectivity index (χ0v) is 34.0. The van der Waals surface area contributed by atoms with E-state index >= 15 is 0 Å². The number of ether oxygens (including phenoxy) is 1. The molecule has 8 heteroatoms. The van der Waals surface area contributed by atoms with E-state index in [2.05, 4.69) is 130 Å². The van der Waals surface area contributed by atoms with Crippen LogP contribution in [0.1, 0.15) is 62.3 Å². The quantitative estimate of drug-likeness (QED) is 0.115. The van der Waals surface area contributed by atoms with Gasteiger partial charge in [0.1, 0.15) is 11.6 Å². The van der Waals surface area contributed by atoms with Gasteiger partial charge in [0.2, 0.25) is 5.91 Å². The fourth-order valence-corrected chi connectivity index (χ4v) is 14.1. The number of hydrogen-bond acceptors (Lipinski definition) is 4. The van der Waals surface area contributed by atoms with E-state index in [1.54, 1.807) is 7.05 Å². The monoisotopic (exact) mass is 724 g/mol. The minimum atomic E-state index is -2.98. The van der Waals surface area contributed by atoms with Crippen LogP contribution < -0.4 is 26.3 Å². The molecule has 0 saturated heterocycles. The Bertz CT molecular complexity index is 1600. The molecule has 0 aliphatic carbocycles. The van der Waals surface area contributed by atoms with Crippen LogP contribution in [0, 0.1) is 5.92 Å². The Morgan fingerprint density at radius 2 is 1.12 bits per heavy atom. The van der Waals surface area contributed by atoms with Crippen LogP contribution in [0.15, 0.2) is 121 Å². The molecular formula is C43H57N2O4PSi. The maximum absolute atomic E-state index is 14.6. The van der Waals surface area contributed by atoms with E-state index in [0.717, 1.165) is 0 Å². The van der Waals surface area contributed by atoms with Crippen LogP contribution in [0.4, 0.5) is 4.79 Å². The molecule has 0 aliphatic heterocycles. The van der Waals surface area contributed by atoms with Gasteiger partial charge in [-0.3, -0.25) is 9.69 Å². The van der Waals surface area contributed by atoms with Gasteiger partial charge in [0.05, 0.1) is 12.1 Å². The molecule has 2 amide bonds. The van der Waals surface area contributed by atoms with Crippen molar-refractivity contribution in [2.75, 3.05) is 13.2 Å². The molecule has 0 unspecified atom stereocenters. The maximum Gasteiger partial charge on any atom is 0.410 e. The second kappa shape index (κ2) is 17.2. The van der Waals surface area contributed by atoms with Gasteiger partial charge >= 0.3 is 6.09 Å². The van der Waals surface area contributed by atoms with Crippen molar-refractivity contribution in [2.24, 2.45) is 5.92 Å². The molecule has 0 radical (unpaired) electrons. The molecule has 4 rings (SSSR count). The summed E-state index contributed by atoms with van der Waals surface area (Å²) in [5.74, 6) is -0.391. The molecule has 51 heavy (non-hydrogen) atoms. The first kappa shape index (κ1) is 40.0. The first-order chi connectivity index (χ1) is 24.0. The zero-order chi connectivity index (χ0) is 37.4. The van der Waals surface area contributed by atoms with Gasteiger partial charge in [0.25, 0.3) is 8.32 Å². The molecule has 0 fully saturated rings. The number of benzene rings is 4. The first-order valence-corrected chi connectivity index (χ1v) is 21.4. The second-order valence-corrected chi connectivity index (χ2v) is 22.2. The topological polar surface area (TPSA) is 67.9 Å². The third kappa shape index (κ3) is 9.97. The van der Waals surface area contributed by atoms with Crippen molar-refractivity contribution in [2.45, 2.75) is 91.1 Å². The minimum absolute atomic E-state index is 0.166. The smallest absolute Gasteiger partial charge is 0.410 e. The molecule has 6 nitrogen and oxygen atoms in total. The summed E-state index contributed by atoms with van der Waals surface area (Å²) in [6.07, 6.45) is -0.271. The Morgan fingerprint density at radius 1 is 0.706 bits per heavy atom. The molecule has 4 aromatic rings. The summed E-state index contributed by atoms with van der Waals surface area (Å²) >= 11 is 0. The number of amides is 2. The molecule has 1 N–H and O–H groups in total. The van der Waals surface area contributed by atoms with Crippen molar-refractivity contribution in [1.82, 2.24) is 10.2 Å². The highest BCUT2D eigenvalue weighted by Crippen LogP contribution is 2.40. The second-order valence-electron chi connectivity index (χ2n) is 15.7. The fourth-order valence-electron chi connectivity index (χ4n) is 6.78. The molecule has 0 heterocycles. The average Bonchev–Trinajstić information content (AvgIpc) is 3.09. The largest absolute Gasteiger partial charge is 0.444 e. The van der Waals surface area contributed by atoms with Crippen molar-refractivity contribution < 1.29 is 18.8 Å². The molecule has 0 aliphatic rings. The Kier molecular flexibility index (Phi) is 13.5. The predicted octanol–water partition coefficient (Wildman–Crippen LogP) is 7.46. The highest BCUT2D eigenvalue weighted by molar-refractivity contribution is 7.73. The number of nitrogens with zero attached hydrogens (tertiary/aromatic N) is 1. The van der Waals surface area contributed by atoms with Gasteiger partial charge < -0.3 is 14.5 Å². The van der Waals surface area contributed by atoms with Gasteiger partial charge in [0.15, 0.2) is 0 Å². The Morgan fingerprint density at radius 3 is 1.49 bits per heavy atom. The molecule has 0 aromatic heterocycles. The first-order valence-electron chi connectivity index (χ1n) is 18.0. The highest BCUT2D eigenvalue weighted by atomic mass is 31.1. The summed E-state index contributed by atoms with van der Waals surface area (Å²) in [6.45, 7) is 18.3. The molecule has 0 spiro atoms. The van der Waals surface area contributed by atoms with Crippen LogP contribution in [-0.4, -0.2) is 62.2 Å². The summed E-state index contributed by atoms with van der Waals surface area (Å²) in [6, 6.07) is 41.2. The Labute approximate surface area is 308 Å².